The first kappa shape index (κ1) is 9.06. The predicted octanol–water partition coefficient (Wildman–Crippen LogP) is 2.66. The highest BCUT2D eigenvalue weighted by molar-refractivity contribution is 5.16. The summed E-state index contributed by atoms with van der Waals surface area (Å²) in [6.07, 6.45) is 3.83. The second-order valence-electron chi connectivity index (χ2n) is 2.08. The van der Waals surface area contributed by atoms with Crippen molar-refractivity contribution in [2.45, 2.75) is 20.8 Å². The summed E-state index contributed by atoms with van der Waals surface area (Å²) < 4.78 is 4.95. The third-order valence-electron chi connectivity index (χ3n) is 1.11. The van der Waals surface area contributed by atoms with Crippen LogP contribution in [0, 0.1) is 0 Å². The Labute approximate surface area is 62.7 Å². The van der Waals surface area contributed by atoms with Crippen LogP contribution in [0.5, 0.6) is 0 Å². The minimum absolute atomic E-state index is 0.909. The van der Waals surface area contributed by atoms with Gasteiger partial charge >= 0.3 is 0 Å². The van der Waals surface area contributed by atoms with Gasteiger partial charge in [-0.3, -0.25) is 0 Å². The van der Waals surface area contributed by atoms with Crippen LogP contribution < -0.4 is 0 Å². The molecule has 0 fully saturated rings. The molecule has 0 amide bonds. The normalized spacial score (nSPS) is 10.2. The molecule has 0 saturated heterocycles. The van der Waals surface area contributed by atoms with E-state index in [1.807, 2.05) is 32.9 Å². The highest BCUT2D eigenvalue weighted by Crippen LogP contribution is 1.99. The van der Waals surface area contributed by atoms with Gasteiger partial charge in [0.05, 0.1) is 12.9 Å². The zero-order valence-corrected chi connectivity index (χ0v) is 7.06. The van der Waals surface area contributed by atoms with E-state index in [-0.39, 0.29) is 0 Å². The molecule has 0 spiro atoms. The Kier molecular flexibility index (Phi) is 4.43. The van der Waals surface area contributed by atoms with Gasteiger partial charge in [0.2, 0.25) is 0 Å². The summed E-state index contributed by atoms with van der Waals surface area (Å²) in [7, 11) is 1.66. The molecular formula is C9H14O. The minimum atomic E-state index is 0.909. The minimum Gasteiger partial charge on any atom is -0.501 e. The molecule has 0 aliphatic carbocycles. The van der Waals surface area contributed by atoms with Gasteiger partial charge < -0.3 is 4.74 Å². The third kappa shape index (κ3) is 3.99. The lowest BCUT2D eigenvalue weighted by molar-refractivity contribution is 0.293. The Hall–Kier alpha value is -0.940. The van der Waals surface area contributed by atoms with Gasteiger partial charge in [-0.1, -0.05) is 0 Å². The Morgan fingerprint density at radius 1 is 1.40 bits per heavy atom. The van der Waals surface area contributed by atoms with Crippen LogP contribution in [0.4, 0.5) is 0 Å². The van der Waals surface area contributed by atoms with Crippen LogP contribution in [0.2, 0.25) is 0 Å². The zero-order chi connectivity index (χ0) is 7.98. The molecule has 1 nitrogen and oxygen atoms in total. The average Bonchev–Trinajstić information content (AvgIpc) is 1.88. The number of allylic oxidation sites excluding steroid dienone is 3. The monoisotopic (exact) mass is 138 g/mol. The molecule has 0 aromatic carbocycles. The molecule has 1 heteroatoms. The molecule has 0 rings (SSSR count). The second-order valence-corrected chi connectivity index (χ2v) is 2.08. The van der Waals surface area contributed by atoms with Gasteiger partial charge in [-0.05, 0) is 38.5 Å². The van der Waals surface area contributed by atoms with Gasteiger partial charge in [0.25, 0.3) is 0 Å². The summed E-state index contributed by atoms with van der Waals surface area (Å²) in [5, 5.41) is 0. The van der Waals surface area contributed by atoms with E-state index in [1.165, 1.54) is 0 Å². The van der Waals surface area contributed by atoms with Crippen molar-refractivity contribution in [3.05, 3.63) is 29.2 Å². The summed E-state index contributed by atoms with van der Waals surface area (Å²) in [5.74, 6) is 0.909. The number of hydrogen-bond acceptors (Lipinski definition) is 1. The van der Waals surface area contributed by atoms with Crippen molar-refractivity contribution >= 4 is 0 Å². The molecule has 0 aliphatic heterocycles. The fourth-order valence-electron chi connectivity index (χ4n) is 0.633. The third-order valence-corrected chi connectivity index (χ3v) is 1.11. The zero-order valence-electron chi connectivity index (χ0n) is 7.06. The average molecular weight is 138 g/mol. The van der Waals surface area contributed by atoms with Gasteiger partial charge in [-0.15, -0.1) is 5.73 Å². The van der Waals surface area contributed by atoms with E-state index in [1.54, 1.807) is 7.11 Å². The quantitative estimate of drug-likeness (QED) is 0.324. The molecule has 0 unspecified atom stereocenters. The molecule has 0 aromatic rings. The van der Waals surface area contributed by atoms with E-state index in [2.05, 4.69) is 5.73 Å². The first-order valence-corrected chi connectivity index (χ1v) is 3.31. The number of ether oxygens (including phenoxy) is 1. The smallest absolute Gasteiger partial charge is 0.0933 e. The van der Waals surface area contributed by atoms with Crippen LogP contribution >= 0.6 is 0 Å². The van der Waals surface area contributed by atoms with Crippen molar-refractivity contribution in [2.24, 2.45) is 0 Å². The maximum Gasteiger partial charge on any atom is 0.0933 e. The van der Waals surface area contributed by atoms with Crippen molar-refractivity contribution in [3.63, 3.8) is 0 Å². The van der Waals surface area contributed by atoms with Gasteiger partial charge in [-0.2, -0.15) is 0 Å². The molecule has 0 aliphatic rings. The van der Waals surface area contributed by atoms with Gasteiger partial charge in [0.15, 0.2) is 0 Å². The van der Waals surface area contributed by atoms with Gasteiger partial charge in [0, 0.05) is 0 Å². The van der Waals surface area contributed by atoms with E-state index in [9.17, 15) is 0 Å². The Bertz CT molecular complexity index is 181. The summed E-state index contributed by atoms with van der Waals surface area (Å²) in [4.78, 5) is 0. The maximum atomic E-state index is 4.95. The van der Waals surface area contributed by atoms with Crippen molar-refractivity contribution in [3.8, 4) is 0 Å². The predicted molar refractivity (Wildman–Crippen MR) is 43.7 cm³/mol. The fourth-order valence-corrected chi connectivity index (χ4v) is 0.633. The molecule has 0 heterocycles. The largest absolute Gasteiger partial charge is 0.501 e. The number of methoxy groups -OCH3 is 1. The van der Waals surface area contributed by atoms with Crippen molar-refractivity contribution in [2.75, 3.05) is 7.11 Å². The van der Waals surface area contributed by atoms with Crippen molar-refractivity contribution in [1.82, 2.24) is 0 Å². The van der Waals surface area contributed by atoms with Crippen LogP contribution in [0.25, 0.3) is 0 Å². The van der Waals surface area contributed by atoms with Gasteiger partial charge in [-0.25, -0.2) is 0 Å². The lowest BCUT2D eigenvalue weighted by atomic mass is 10.3. The molecule has 0 atom stereocenters. The molecule has 56 valence electrons. The Morgan fingerprint density at radius 3 is 2.40 bits per heavy atom. The Morgan fingerprint density at radius 2 is 2.00 bits per heavy atom. The molecule has 0 radical (unpaired) electrons. The fraction of sp³-hybridized carbons (Fsp3) is 0.444. The SMILES string of the molecule is CC=C=C(C)C=C(C)OC. The highest BCUT2D eigenvalue weighted by Gasteiger charge is 1.83. The lowest BCUT2D eigenvalue weighted by Crippen LogP contribution is -1.78. The lowest BCUT2D eigenvalue weighted by Gasteiger charge is -1.95. The van der Waals surface area contributed by atoms with Crippen LogP contribution in [-0.2, 0) is 4.74 Å². The number of rotatable bonds is 2. The molecular weight excluding hydrogens is 124 g/mol. The molecule has 0 saturated carbocycles. The molecule has 0 aromatic heterocycles. The standard InChI is InChI=1S/C9H14O/c1-5-6-8(2)7-9(3)10-4/h5,7H,1-4H3. The topological polar surface area (TPSA) is 9.23 Å². The van der Waals surface area contributed by atoms with E-state index >= 15 is 0 Å². The summed E-state index contributed by atoms with van der Waals surface area (Å²) in [6.45, 7) is 5.85. The van der Waals surface area contributed by atoms with E-state index < -0.39 is 0 Å². The second kappa shape index (κ2) is 4.89. The van der Waals surface area contributed by atoms with Crippen LogP contribution in [0.3, 0.4) is 0 Å². The first-order chi connectivity index (χ1) is 4.70. The maximum absolute atomic E-state index is 4.95. The van der Waals surface area contributed by atoms with E-state index in [4.69, 9.17) is 4.74 Å². The Balaban J connectivity index is 4.27. The van der Waals surface area contributed by atoms with Crippen LogP contribution in [-0.4, -0.2) is 7.11 Å². The summed E-state index contributed by atoms with van der Waals surface area (Å²) >= 11 is 0. The summed E-state index contributed by atoms with van der Waals surface area (Å²) in [6, 6.07) is 0. The summed E-state index contributed by atoms with van der Waals surface area (Å²) in [5.41, 5.74) is 4.13. The molecule has 0 bridgehead atoms. The van der Waals surface area contributed by atoms with E-state index in [0.717, 1.165) is 11.3 Å². The van der Waals surface area contributed by atoms with Crippen molar-refractivity contribution < 1.29 is 4.74 Å². The van der Waals surface area contributed by atoms with Crippen LogP contribution in [0.1, 0.15) is 20.8 Å². The highest BCUT2D eigenvalue weighted by atomic mass is 16.5. The van der Waals surface area contributed by atoms with Crippen molar-refractivity contribution in [1.29, 1.82) is 0 Å². The molecule has 0 N–H and O–H groups in total. The van der Waals surface area contributed by atoms with E-state index in [0.29, 0.717) is 0 Å². The first-order valence-electron chi connectivity index (χ1n) is 3.31. The van der Waals surface area contributed by atoms with Gasteiger partial charge in [0.1, 0.15) is 0 Å². The number of hydrogen-bond donors (Lipinski definition) is 0. The molecule has 10 heavy (non-hydrogen) atoms. The van der Waals surface area contributed by atoms with Crippen LogP contribution in [0.15, 0.2) is 29.2 Å².